The Morgan fingerprint density at radius 1 is 1.23 bits per heavy atom. The third-order valence-corrected chi connectivity index (χ3v) is 7.17. The van der Waals surface area contributed by atoms with Gasteiger partial charge in [-0.15, -0.1) is 0 Å². The maximum absolute atomic E-state index is 13.4. The fraction of sp³-hybridized carbons (Fsp3) is 0.500. The molecule has 2 aliphatic heterocycles. The lowest BCUT2D eigenvalue weighted by Crippen LogP contribution is -2.52. The Hall–Kier alpha value is -1.93. The van der Waals surface area contributed by atoms with Gasteiger partial charge in [0.25, 0.3) is 5.91 Å². The quantitative estimate of drug-likeness (QED) is 0.795. The van der Waals surface area contributed by atoms with Gasteiger partial charge in [0.05, 0.1) is 11.5 Å². The van der Waals surface area contributed by atoms with Gasteiger partial charge in [-0.25, -0.2) is 12.8 Å². The first kappa shape index (κ1) is 17.5. The van der Waals surface area contributed by atoms with Crippen LogP contribution in [0.3, 0.4) is 0 Å². The largest absolute Gasteiger partial charge is 0.451 e. The highest BCUT2D eigenvalue weighted by Gasteiger charge is 2.35. The number of furan rings is 1. The van der Waals surface area contributed by atoms with E-state index in [1.165, 1.54) is 18.2 Å². The van der Waals surface area contributed by atoms with Crippen LogP contribution in [0.25, 0.3) is 11.0 Å². The van der Waals surface area contributed by atoms with Crippen molar-refractivity contribution in [2.24, 2.45) is 0 Å². The number of carbonyl (C=O) groups is 1. The Balaban J connectivity index is 1.46. The van der Waals surface area contributed by atoms with E-state index in [0.717, 1.165) is 0 Å². The molecular weight excluding hydrogens is 359 g/mol. The van der Waals surface area contributed by atoms with Crippen molar-refractivity contribution < 1.29 is 22.0 Å². The first-order valence-corrected chi connectivity index (χ1v) is 10.6. The van der Waals surface area contributed by atoms with Crippen LogP contribution in [0, 0.1) is 12.7 Å². The molecule has 1 amide bonds. The molecule has 0 aliphatic carbocycles. The number of sulfone groups is 1. The monoisotopic (exact) mass is 380 g/mol. The van der Waals surface area contributed by atoms with Gasteiger partial charge in [0.15, 0.2) is 15.6 Å². The van der Waals surface area contributed by atoms with Gasteiger partial charge in [0.1, 0.15) is 11.4 Å². The van der Waals surface area contributed by atoms with Gasteiger partial charge in [0, 0.05) is 43.2 Å². The zero-order chi connectivity index (χ0) is 18.5. The number of amides is 1. The number of halogens is 1. The molecule has 140 valence electrons. The van der Waals surface area contributed by atoms with Crippen molar-refractivity contribution in [1.29, 1.82) is 0 Å². The molecule has 1 unspecified atom stereocenters. The number of benzene rings is 1. The second-order valence-corrected chi connectivity index (χ2v) is 9.31. The van der Waals surface area contributed by atoms with Gasteiger partial charge in [-0.05, 0) is 31.5 Å². The van der Waals surface area contributed by atoms with Gasteiger partial charge in [-0.3, -0.25) is 9.69 Å². The van der Waals surface area contributed by atoms with Crippen LogP contribution in [0.15, 0.2) is 22.6 Å². The fourth-order valence-electron chi connectivity index (χ4n) is 3.89. The third-order valence-electron chi connectivity index (χ3n) is 5.42. The lowest BCUT2D eigenvalue weighted by atomic mass is 10.1. The number of hydrogen-bond donors (Lipinski definition) is 0. The first-order chi connectivity index (χ1) is 12.3. The molecule has 8 heteroatoms. The molecule has 0 spiro atoms. The highest BCUT2D eigenvalue weighted by molar-refractivity contribution is 7.91. The van der Waals surface area contributed by atoms with Crippen LogP contribution in [-0.2, 0) is 9.84 Å². The average Bonchev–Trinajstić information content (AvgIpc) is 3.14. The van der Waals surface area contributed by atoms with Crippen molar-refractivity contribution >= 4 is 26.7 Å². The second-order valence-electron chi connectivity index (χ2n) is 7.08. The van der Waals surface area contributed by atoms with E-state index in [0.29, 0.717) is 49.1 Å². The minimum atomic E-state index is -2.91. The zero-order valence-electron chi connectivity index (χ0n) is 14.6. The van der Waals surface area contributed by atoms with Crippen molar-refractivity contribution in [2.45, 2.75) is 19.4 Å². The molecule has 3 heterocycles. The summed E-state index contributed by atoms with van der Waals surface area (Å²) < 4.78 is 42.4. The first-order valence-electron chi connectivity index (χ1n) is 8.76. The van der Waals surface area contributed by atoms with Crippen LogP contribution in [0.5, 0.6) is 0 Å². The number of nitrogens with zero attached hydrogens (tertiary/aromatic N) is 2. The molecule has 1 aromatic heterocycles. The molecule has 26 heavy (non-hydrogen) atoms. The topological polar surface area (TPSA) is 70.8 Å². The summed E-state index contributed by atoms with van der Waals surface area (Å²) in [5.74, 6) is 0.168. The van der Waals surface area contributed by atoms with Crippen molar-refractivity contribution in [2.75, 3.05) is 37.7 Å². The van der Waals surface area contributed by atoms with Crippen molar-refractivity contribution in [1.82, 2.24) is 9.80 Å². The van der Waals surface area contributed by atoms with Crippen LogP contribution < -0.4 is 0 Å². The van der Waals surface area contributed by atoms with Crippen LogP contribution in [0.2, 0.25) is 0 Å². The van der Waals surface area contributed by atoms with Crippen LogP contribution in [0.4, 0.5) is 4.39 Å². The van der Waals surface area contributed by atoms with E-state index in [2.05, 4.69) is 4.90 Å². The van der Waals surface area contributed by atoms with E-state index in [9.17, 15) is 17.6 Å². The molecule has 6 nitrogen and oxygen atoms in total. The fourth-order valence-corrected chi connectivity index (χ4v) is 5.66. The average molecular weight is 380 g/mol. The highest BCUT2D eigenvalue weighted by atomic mass is 32.2. The maximum atomic E-state index is 13.4. The summed E-state index contributed by atoms with van der Waals surface area (Å²) in [4.78, 5) is 16.7. The zero-order valence-corrected chi connectivity index (χ0v) is 15.4. The summed E-state index contributed by atoms with van der Waals surface area (Å²) in [6.45, 7) is 4.12. The van der Waals surface area contributed by atoms with Gasteiger partial charge in [0.2, 0.25) is 0 Å². The van der Waals surface area contributed by atoms with E-state index in [-0.39, 0.29) is 35.0 Å². The van der Waals surface area contributed by atoms with Crippen molar-refractivity contribution in [3.63, 3.8) is 0 Å². The summed E-state index contributed by atoms with van der Waals surface area (Å²) in [7, 11) is -2.91. The van der Waals surface area contributed by atoms with Gasteiger partial charge in [-0.2, -0.15) is 0 Å². The summed E-state index contributed by atoms with van der Waals surface area (Å²) in [5.41, 5.74) is 1.15. The number of aryl methyl sites for hydroxylation is 1. The maximum Gasteiger partial charge on any atom is 0.289 e. The molecule has 2 aliphatic rings. The van der Waals surface area contributed by atoms with Crippen LogP contribution >= 0.6 is 0 Å². The van der Waals surface area contributed by atoms with Gasteiger partial charge >= 0.3 is 0 Å². The molecule has 0 radical (unpaired) electrons. The Bertz CT molecular complexity index is 961. The molecular formula is C18H21FN2O4S. The van der Waals surface area contributed by atoms with Gasteiger partial charge in [-0.1, -0.05) is 0 Å². The lowest BCUT2D eigenvalue weighted by molar-refractivity contribution is 0.0560. The summed E-state index contributed by atoms with van der Waals surface area (Å²) >= 11 is 0. The highest BCUT2D eigenvalue weighted by Crippen LogP contribution is 2.27. The SMILES string of the molecule is Cc1c(C(=O)N2CCN(C3CCS(=O)(=O)C3)CC2)oc2ccc(F)cc12. The predicted molar refractivity (Wildman–Crippen MR) is 95.4 cm³/mol. The lowest BCUT2D eigenvalue weighted by Gasteiger charge is -2.37. The third kappa shape index (κ3) is 3.12. The molecule has 0 bridgehead atoms. The van der Waals surface area contributed by atoms with E-state index in [4.69, 9.17) is 4.42 Å². The van der Waals surface area contributed by atoms with E-state index < -0.39 is 9.84 Å². The minimum Gasteiger partial charge on any atom is -0.451 e. The molecule has 0 N–H and O–H groups in total. The van der Waals surface area contributed by atoms with Crippen molar-refractivity contribution in [3.05, 3.63) is 35.3 Å². The second kappa shape index (κ2) is 6.35. The molecule has 2 fully saturated rings. The van der Waals surface area contributed by atoms with Crippen LogP contribution in [-0.4, -0.2) is 67.9 Å². The molecule has 1 aromatic carbocycles. The summed E-state index contributed by atoms with van der Waals surface area (Å²) in [5, 5.41) is 0.614. The molecule has 0 saturated carbocycles. The van der Waals surface area contributed by atoms with E-state index in [1.807, 2.05) is 0 Å². The minimum absolute atomic E-state index is 0.0631. The normalized spacial score (nSPS) is 23.6. The summed E-state index contributed by atoms with van der Waals surface area (Å²) in [6, 6.07) is 4.29. The smallest absolute Gasteiger partial charge is 0.289 e. The Kier molecular flexibility index (Phi) is 4.27. The Morgan fingerprint density at radius 2 is 1.96 bits per heavy atom. The molecule has 2 saturated heterocycles. The Morgan fingerprint density at radius 3 is 2.62 bits per heavy atom. The van der Waals surface area contributed by atoms with Gasteiger partial charge < -0.3 is 9.32 Å². The predicted octanol–water partition coefficient (Wildman–Crippen LogP) is 1.83. The van der Waals surface area contributed by atoms with Crippen molar-refractivity contribution in [3.8, 4) is 0 Å². The number of carbonyl (C=O) groups excluding carboxylic acids is 1. The van der Waals surface area contributed by atoms with Crippen LogP contribution in [0.1, 0.15) is 22.5 Å². The molecule has 2 aromatic rings. The van der Waals surface area contributed by atoms with E-state index >= 15 is 0 Å². The Labute approximate surface area is 151 Å². The number of piperazine rings is 1. The number of fused-ring (bicyclic) bond motifs is 1. The summed E-state index contributed by atoms with van der Waals surface area (Å²) in [6.07, 6.45) is 0.671. The molecule has 4 rings (SSSR count). The standard InChI is InChI=1S/C18H21FN2O4S/c1-12-15-10-13(19)2-3-16(15)25-17(12)18(22)21-7-5-20(6-8-21)14-4-9-26(23,24)11-14/h2-3,10,14H,4-9,11H2,1H3. The van der Waals surface area contributed by atoms with E-state index in [1.54, 1.807) is 11.8 Å². The molecule has 1 atom stereocenters. The number of hydrogen-bond acceptors (Lipinski definition) is 5. The number of rotatable bonds is 2.